The number of likely N-dealkylation sites (N-methyl/N-ethyl adjacent to an activating group) is 1. The average Bonchev–Trinajstić information content (AvgIpc) is 2.48. The van der Waals surface area contributed by atoms with Crippen LogP contribution >= 0.6 is 0 Å². The fraction of sp³-hybridized carbons (Fsp3) is 0.529. The van der Waals surface area contributed by atoms with Crippen molar-refractivity contribution in [1.29, 1.82) is 5.26 Å². The van der Waals surface area contributed by atoms with Crippen molar-refractivity contribution in [3.05, 3.63) is 35.6 Å². The molecule has 1 aliphatic rings. The van der Waals surface area contributed by atoms with Crippen LogP contribution in [0.5, 0.6) is 0 Å². The molecule has 5 heteroatoms. The lowest BCUT2D eigenvalue weighted by Gasteiger charge is -2.43. The highest BCUT2D eigenvalue weighted by atomic mass is 19.1. The topological polar surface area (TPSA) is 47.3 Å². The van der Waals surface area contributed by atoms with E-state index in [0.29, 0.717) is 25.3 Å². The summed E-state index contributed by atoms with van der Waals surface area (Å²) in [6, 6.07) is 8.73. The monoisotopic (exact) mass is 303 g/mol. The quantitative estimate of drug-likeness (QED) is 0.808. The minimum atomic E-state index is -0.180. The van der Waals surface area contributed by atoms with Crippen molar-refractivity contribution < 1.29 is 9.18 Å². The Hall–Kier alpha value is -1.93. The van der Waals surface area contributed by atoms with Gasteiger partial charge in [-0.2, -0.15) is 5.26 Å². The molecule has 0 aromatic heterocycles. The van der Waals surface area contributed by atoms with Crippen LogP contribution in [-0.4, -0.2) is 48.4 Å². The van der Waals surface area contributed by atoms with Gasteiger partial charge in [0, 0.05) is 26.7 Å². The van der Waals surface area contributed by atoms with Gasteiger partial charge in [0.05, 0.1) is 18.5 Å². The molecule has 118 valence electrons. The second kappa shape index (κ2) is 7.37. The molecule has 1 amide bonds. The van der Waals surface area contributed by atoms with Crippen molar-refractivity contribution in [2.24, 2.45) is 5.92 Å². The normalized spacial score (nSPS) is 16.6. The minimum Gasteiger partial charge on any atom is -0.343 e. The van der Waals surface area contributed by atoms with Crippen molar-refractivity contribution in [1.82, 2.24) is 9.80 Å². The summed E-state index contributed by atoms with van der Waals surface area (Å²) in [5.41, 5.74) is 0.747. The van der Waals surface area contributed by atoms with Gasteiger partial charge in [-0.05, 0) is 30.9 Å². The molecule has 1 atom stereocenters. The molecular weight excluding hydrogens is 281 g/mol. The van der Waals surface area contributed by atoms with Gasteiger partial charge in [-0.25, -0.2) is 4.39 Å². The fourth-order valence-electron chi connectivity index (χ4n) is 2.83. The molecule has 0 N–H and O–H groups in total. The molecule has 1 aromatic carbocycles. The van der Waals surface area contributed by atoms with Crippen molar-refractivity contribution in [3.63, 3.8) is 0 Å². The Labute approximate surface area is 131 Å². The summed E-state index contributed by atoms with van der Waals surface area (Å²) < 4.78 is 13.6. The Morgan fingerprint density at radius 1 is 1.50 bits per heavy atom. The second-order valence-electron chi connectivity index (χ2n) is 5.96. The first-order chi connectivity index (χ1) is 10.5. The van der Waals surface area contributed by atoms with Gasteiger partial charge < -0.3 is 4.90 Å². The molecule has 1 heterocycles. The molecule has 1 unspecified atom stereocenters. The number of benzene rings is 1. The molecule has 1 saturated heterocycles. The van der Waals surface area contributed by atoms with E-state index in [1.165, 1.54) is 6.07 Å². The molecule has 22 heavy (non-hydrogen) atoms. The van der Waals surface area contributed by atoms with E-state index in [1.807, 2.05) is 25.1 Å². The van der Waals surface area contributed by atoms with Crippen molar-refractivity contribution in [2.45, 2.75) is 25.8 Å². The van der Waals surface area contributed by atoms with Gasteiger partial charge in [-0.15, -0.1) is 0 Å². The van der Waals surface area contributed by atoms with Gasteiger partial charge in [-0.3, -0.25) is 9.69 Å². The van der Waals surface area contributed by atoms with E-state index in [2.05, 4.69) is 4.90 Å². The lowest BCUT2D eigenvalue weighted by Crippen LogP contribution is -2.56. The zero-order valence-electron chi connectivity index (χ0n) is 13.1. The van der Waals surface area contributed by atoms with E-state index in [1.54, 1.807) is 18.0 Å². The fourth-order valence-corrected chi connectivity index (χ4v) is 2.83. The molecule has 0 aliphatic carbocycles. The molecule has 1 aliphatic heterocycles. The Kier molecular flexibility index (Phi) is 5.51. The third kappa shape index (κ3) is 3.83. The van der Waals surface area contributed by atoms with Crippen LogP contribution < -0.4 is 0 Å². The summed E-state index contributed by atoms with van der Waals surface area (Å²) in [5, 5.41) is 8.57. The first-order valence-corrected chi connectivity index (χ1v) is 7.62. The lowest BCUT2D eigenvalue weighted by molar-refractivity contribution is -0.137. The van der Waals surface area contributed by atoms with Gasteiger partial charge in [-0.1, -0.05) is 18.2 Å². The smallest absolute Gasteiger partial charge is 0.239 e. The number of nitriles is 1. The van der Waals surface area contributed by atoms with Gasteiger partial charge in [0.1, 0.15) is 5.82 Å². The summed E-state index contributed by atoms with van der Waals surface area (Å²) in [6.45, 7) is 3.98. The molecular formula is C17H22FN3O. The van der Waals surface area contributed by atoms with Crippen LogP contribution in [0.15, 0.2) is 24.3 Å². The predicted molar refractivity (Wildman–Crippen MR) is 82.5 cm³/mol. The minimum absolute atomic E-state index is 0.0413. The third-order valence-corrected chi connectivity index (χ3v) is 4.29. The number of halogens is 1. The van der Waals surface area contributed by atoms with E-state index >= 15 is 0 Å². The maximum absolute atomic E-state index is 13.6. The van der Waals surface area contributed by atoms with E-state index in [0.717, 1.165) is 18.7 Å². The Morgan fingerprint density at radius 3 is 2.82 bits per heavy atom. The number of likely N-dealkylation sites (tertiary alicyclic amines) is 1. The highest BCUT2D eigenvalue weighted by molar-refractivity contribution is 5.81. The highest BCUT2D eigenvalue weighted by Crippen LogP contribution is 2.24. The largest absolute Gasteiger partial charge is 0.343 e. The highest BCUT2D eigenvalue weighted by Gasteiger charge is 2.34. The average molecular weight is 303 g/mol. The summed E-state index contributed by atoms with van der Waals surface area (Å²) in [7, 11) is 1.73. The van der Waals surface area contributed by atoms with Crippen LogP contribution in [-0.2, 0) is 11.2 Å². The number of carbonyl (C=O) groups excluding carboxylic acids is 1. The van der Waals surface area contributed by atoms with Crippen LogP contribution in [0.3, 0.4) is 0 Å². The van der Waals surface area contributed by atoms with Crippen molar-refractivity contribution >= 4 is 5.91 Å². The number of carbonyl (C=O) groups is 1. The Balaban J connectivity index is 1.80. The number of amides is 1. The molecule has 1 fully saturated rings. The van der Waals surface area contributed by atoms with E-state index in [-0.39, 0.29) is 17.8 Å². The van der Waals surface area contributed by atoms with Gasteiger partial charge in [0.25, 0.3) is 0 Å². The Bertz CT molecular complexity index is 563. The van der Waals surface area contributed by atoms with E-state index < -0.39 is 0 Å². The van der Waals surface area contributed by atoms with Crippen molar-refractivity contribution in [3.8, 4) is 6.07 Å². The summed E-state index contributed by atoms with van der Waals surface area (Å²) in [6.07, 6.45) is 1.07. The first-order valence-electron chi connectivity index (χ1n) is 7.62. The van der Waals surface area contributed by atoms with Crippen LogP contribution in [0, 0.1) is 23.1 Å². The molecule has 2 rings (SSSR count). The van der Waals surface area contributed by atoms with Gasteiger partial charge in [0.2, 0.25) is 5.91 Å². The maximum Gasteiger partial charge on any atom is 0.239 e. The van der Waals surface area contributed by atoms with Crippen LogP contribution in [0.1, 0.15) is 18.9 Å². The maximum atomic E-state index is 13.6. The number of hydrogen-bond donors (Lipinski definition) is 0. The molecule has 0 bridgehead atoms. The van der Waals surface area contributed by atoms with Crippen molar-refractivity contribution in [2.75, 3.05) is 26.7 Å². The summed E-state index contributed by atoms with van der Waals surface area (Å²) in [5.74, 6) is 0.289. The Morgan fingerprint density at radius 2 is 2.18 bits per heavy atom. The number of rotatable bonds is 6. The number of nitrogens with zero attached hydrogens (tertiary/aromatic N) is 3. The zero-order valence-corrected chi connectivity index (χ0v) is 13.1. The molecule has 4 nitrogen and oxygen atoms in total. The SMILES string of the molecule is CC(C(=O)N(C)CCC#N)N1CC(Cc2ccccc2F)C1. The van der Waals surface area contributed by atoms with Gasteiger partial charge in [0.15, 0.2) is 0 Å². The standard InChI is InChI=1S/C17H22FN3O/c1-13(17(22)20(2)9-5-8-19)21-11-14(12-21)10-15-6-3-4-7-16(15)18/h3-4,6-7,13-14H,5,9-12H2,1-2H3. The lowest BCUT2D eigenvalue weighted by atomic mass is 9.90. The van der Waals surface area contributed by atoms with Crippen LogP contribution in [0.2, 0.25) is 0 Å². The summed E-state index contributed by atoms with van der Waals surface area (Å²) in [4.78, 5) is 15.9. The van der Waals surface area contributed by atoms with Crippen LogP contribution in [0.4, 0.5) is 4.39 Å². The summed E-state index contributed by atoms with van der Waals surface area (Å²) >= 11 is 0. The second-order valence-corrected chi connectivity index (χ2v) is 5.96. The first kappa shape index (κ1) is 16.4. The zero-order chi connectivity index (χ0) is 16.1. The molecule has 0 saturated carbocycles. The van der Waals surface area contributed by atoms with Crippen LogP contribution in [0.25, 0.3) is 0 Å². The number of hydrogen-bond acceptors (Lipinski definition) is 3. The van der Waals surface area contributed by atoms with E-state index in [9.17, 15) is 9.18 Å². The predicted octanol–water partition coefficient (Wildman–Crippen LogP) is 2.06. The third-order valence-electron chi connectivity index (χ3n) is 4.29. The van der Waals surface area contributed by atoms with E-state index in [4.69, 9.17) is 5.26 Å². The molecule has 0 spiro atoms. The van der Waals surface area contributed by atoms with Gasteiger partial charge >= 0.3 is 0 Å². The molecule has 1 aromatic rings. The molecule has 0 radical (unpaired) electrons.